The number of carboxylic acids is 1. The van der Waals surface area contributed by atoms with E-state index < -0.39 is 11.9 Å². The van der Waals surface area contributed by atoms with Crippen molar-refractivity contribution in [2.24, 2.45) is 0 Å². The summed E-state index contributed by atoms with van der Waals surface area (Å²) in [7, 11) is 1.52. The second-order valence-corrected chi connectivity index (χ2v) is 3.85. The van der Waals surface area contributed by atoms with Gasteiger partial charge in [-0.3, -0.25) is 4.79 Å². The summed E-state index contributed by atoms with van der Waals surface area (Å²) in [6, 6.07) is 1.65. The molecule has 1 aromatic carbocycles. The number of aryl methyl sites for hydroxylation is 1. The van der Waals surface area contributed by atoms with E-state index in [4.69, 9.17) is 9.84 Å². The molecule has 0 fully saturated rings. The molecule has 0 saturated heterocycles. The molecule has 1 aromatic rings. The lowest BCUT2D eigenvalue weighted by molar-refractivity contribution is -0.138. The third-order valence-corrected chi connectivity index (χ3v) is 2.74. The molecule has 0 aliphatic heterocycles. The number of aromatic hydroxyl groups is 1. The normalized spacial score (nSPS) is 12.2. The Hall–Kier alpha value is -1.71. The topological polar surface area (TPSA) is 66.8 Å². The molecule has 1 unspecified atom stereocenters. The molecule has 16 heavy (non-hydrogen) atoms. The van der Waals surface area contributed by atoms with Crippen molar-refractivity contribution in [1.29, 1.82) is 0 Å². The molecule has 0 radical (unpaired) electrons. The van der Waals surface area contributed by atoms with Gasteiger partial charge in [0.15, 0.2) is 0 Å². The summed E-state index contributed by atoms with van der Waals surface area (Å²) in [6.45, 7) is 5.07. The van der Waals surface area contributed by atoms with Crippen LogP contribution in [0.2, 0.25) is 0 Å². The lowest BCUT2D eigenvalue weighted by Gasteiger charge is -2.16. The average molecular weight is 224 g/mol. The van der Waals surface area contributed by atoms with Gasteiger partial charge in [0.2, 0.25) is 0 Å². The first-order valence-electron chi connectivity index (χ1n) is 5.00. The predicted octanol–water partition coefficient (Wildman–Crippen LogP) is 2.21. The zero-order valence-corrected chi connectivity index (χ0v) is 9.87. The van der Waals surface area contributed by atoms with Crippen LogP contribution in [-0.4, -0.2) is 23.3 Å². The van der Waals surface area contributed by atoms with Crippen LogP contribution in [0.5, 0.6) is 11.5 Å². The first kappa shape index (κ1) is 12.4. The summed E-state index contributed by atoms with van der Waals surface area (Å²) in [5.41, 5.74) is 1.81. The fraction of sp³-hybridized carbons (Fsp3) is 0.417. The monoisotopic (exact) mass is 224 g/mol. The number of rotatable bonds is 3. The number of aliphatic carboxylic acids is 1. The van der Waals surface area contributed by atoms with E-state index >= 15 is 0 Å². The molecule has 4 nitrogen and oxygen atoms in total. The third-order valence-electron chi connectivity index (χ3n) is 2.74. The summed E-state index contributed by atoms with van der Waals surface area (Å²) in [5.74, 6) is -1.10. The highest BCUT2D eigenvalue weighted by molar-refractivity contribution is 5.77. The van der Waals surface area contributed by atoms with Crippen LogP contribution < -0.4 is 4.74 Å². The first-order chi connectivity index (χ1) is 7.40. The summed E-state index contributed by atoms with van der Waals surface area (Å²) < 4.78 is 5.14. The predicted molar refractivity (Wildman–Crippen MR) is 60.2 cm³/mol. The zero-order chi connectivity index (χ0) is 12.5. The van der Waals surface area contributed by atoms with E-state index in [1.54, 1.807) is 19.9 Å². The first-order valence-corrected chi connectivity index (χ1v) is 5.00. The zero-order valence-electron chi connectivity index (χ0n) is 9.87. The fourth-order valence-electron chi connectivity index (χ4n) is 1.76. The summed E-state index contributed by atoms with van der Waals surface area (Å²) in [6.07, 6.45) is 0. The van der Waals surface area contributed by atoms with Crippen molar-refractivity contribution < 1.29 is 19.7 Å². The number of hydrogen-bond donors (Lipinski definition) is 2. The van der Waals surface area contributed by atoms with Gasteiger partial charge in [-0.05, 0) is 32.4 Å². The molecule has 88 valence electrons. The van der Waals surface area contributed by atoms with Gasteiger partial charge < -0.3 is 14.9 Å². The van der Waals surface area contributed by atoms with E-state index in [9.17, 15) is 9.90 Å². The van der Waals surface area contributed by atoms with Gasteiger partial charge in [0.05, 0.1) is 13.0 Å². The molecule has 2 N–H and O–H groups in total. The van der Waals surface area contributed by atoms with Crippen LogP contribution in [0.1, 0.15) is 29.5 Å². The van der Waals surface area contributed by atoms with E-state index in [0.717, 1.165) is 5.56 Å². The molecule has 0 spiro atoms. The Kier molecular flexibility index (Phi) is 3.42. The number of phenolic OH excluding ortho intramolecular Hbond substituents is 1. The SMILES string of the molecule is COc1c(C)cc(C(C)C(=O)O)c(O)c1C. The van der Waals surface area contributed by atoms with E-state index in [1.807, 2.05) is 6.92 Å². The summed E-state index contributed by atoms with van der Waals surface area (Å²) in [5, 5.41) is 18.8. The van der Waals surface area contributed by atoms with E-state index in [-0.39, 0.29) is 5.75 Å². The van der Waals surface area contributed by atoms with Crippen LogP contribution in [0, 0.1) is 13.8 Å². The van der Waals surface area contributed by atoms with Gasteiger partial charge in [0.25, 0.3) is 0 Å². The van der Waals surface area contributed by atoms with Crippen LogP contribution in [0.4, 0.5) is 0 Å². The minimum atomic E-state index is -0.959. The van der Waals surface area contributed by atoms with Gasteiger partial charge >= 0.3 is 5.97 Å². The minimum Gasteiger partial charge on any atom is -0.507 e. The van der Waals surface area contributed by atoms with Gasteiger partial charge in [-0.2, -0.15) is 0 Å². The Balaban J connectivity index is 3.39. The van der Waals surface area contributed by atoms with E-state index in [1.165, 1.54) is 7.11 Å². The van der Waals surface area contributed by atoms with Crippen LogP contribution in [0.25, 0.3) is 0 Å². The number of benzene rings is 1. The quantitative estimate of drug-likeness (QED) is 0.826. The van der Waals surface area contributed by atoms with Gasteiger partial charge in [-0.15, -0.1) is 0 Å². The minimum absolute atomic E-state index is 0.00245. The Morgan fingerprint density at radius 3 is 2.44 bits per heavy atom. The highest BCUT2D eigenvalue weighted by Crippen LogP contribution is 2.37. The highest BCUT2D eigenvalue weighted by Gasteiger charge is 2.21. The Bertz CT molecular complexity index is 424. The second kappa shape index (κ2) is 4.43. The van der Waals surface area contributed by atoms with Crippen molar-refractivity contribution in [2.45, 2.75) is 26.7 Å². The number of carbonyl (C=O) groups is 1. The van der Waals surface area contributed by atoms with Gasteiger partial charge in [0.1, 0.15) is 11.5 Å². The average Bonchev–Trinajstić information content (AvgIpc) is 2.23. The molecular formula is C12H16O4. The Morgan fingerprint density at radius 1 is 1.44 bits per heavy atom. The summed E-state index contributed by atoms with van der Waals surface area (Å²) >= 11 is 0. The summed E-state index contributed by atoms with van der Waals surface area (Å²) in [4.78, 5) is 10.9. The van der Waals surface area contributed by atoms with Crippen molar-refractivity contribution in [2.75, 3.05) is 7.11 Å². The lowest BCUT2D eigenvalue weighted by Crippen LogP contribution is -2.09. The van der Waals surface area contributed by atoms with Crippen molar-refractivity contribution >= 4 is 5.97 Å². The van der Waals surface area contributed by atoms with Crippen molar-refractivity contribution in [1.82, 2.24) is 0 Å². The molecule has 0 aliphatic carbocycles. The van der Waals surface area contributed by atoms with Crippen LogP contribution in [-0.2, 0) is 4.79 Å². The van der Waals surface area contributed by atoms with Crippen molar-refractivity contribution in [3.63, 3.8) is 0 Å². The molecule has 1 atom stereocenters. The van der Waals surface area contributed by atoms with Crippen molar-refractivity contribution in [3.8, 4) is 11.5 Å². The number of carboxylic acid groups (broad SMARTS) is 1. The maximum atomic E-state index is 10.9. The fourth-order valence-corrected chi connectivity index (χ4v) is 1.76. The molecular weight excluding hydrogens is 208 g/mol. The lowest BCUT2D eigenvalue weighted by atomic mass is 9.95. The van der Waals surface area contributed by atoms with Gasteiger partial charge in [0, 0.05) is 11.1 Å². The van der Waals surface area contributed by atoms with Gasteiger partial charge in [-0.1, -0.05) is 0 Å². The standard InChI is InChI=1S/C12H16O4/c1-6-5-9(7(2)12(14)15)10(13)8(3)11(6)16-4/h5,7,13H,1-4H3,(H,14,15). The smallest absolute Gasteiger partial charge is 0.310 e. The number of phenols is 1. The molecule has 0 bridgehead atoms. The van der Waals surface area contributed by atoms with E-state index in [2.05, 4.69) is 0 Å². The molecule has 0 amide bonds. The molecule has 0 heterocycles. The van der Waals surface area contributed by atoms with Crippen LogP contribution >= 0.6 is 0 Å². The molecule has 1 rings (SSSR count). The number of ether oxygens (including phenoxy) is 1. The highest BCUT2D eigenvalue weighted by atomic mass is 16.5. The Labute approximate surface area is 94.5 Å². The maximum absolute atomic E-state index is 10.9. The largest absolute Gasteiger partial charge is 0.507 e. The molecule has 0 aliphatic rings. The van der Waals surface area contributed by atoms with Crippen LogP contribution in [0.3, 0.4) is 0 Å². The van der Waals surface area contributed by atoms with Gasteiger partial charge in [-0.25, -0.2) is 0 Å². The van der Waals surface area contributed by atoms with Crippen LogP contribution in [0.15, 0.2) is 6.07 Å². The molecule has 0 aromatic heterocycles. The number of methoxy groups -OCH3 is 1. The molecule has 0 saturated carbocycles. The maximum Gasteiger partial charge on any atom is 0.310 e. The van der Waals surface area contributed by atoms with Crippen molar-refractivity contribution in [3.05, 3.63) is 22.8 Å². The second-order valence-electron chi connectivity index (χ2n) is 3.85. The third kappa shape index (κ3) is 1.96. The van der Waals surface area contributed by atoms with E-state index in [0.29, 0.717) is 16.9 Å². The number of hydrogen-bond acceptors (Lipinski definition) is 3. The molecule has 4 heteroatoms. The Morgan fingerprint density at radius 2 is 2.00 bits per heavy atom.